The van der Waals surface area contributed by atoms with Gasteiger partial charge in [0.05, 0.1) is 12.2 Å². The minimum atomic E-state index is -0.0783. The van der Waals surface area contributed by atoms with E-state index in [1.54, 1.807) is 10.9 Å². The van der Waals surface area contributed by atoms with Gasteiger partial charge < -0.3 is 10.6 Å². The molecule has 1 saturated heterocycles. The Labute approximate surface area is 111 Å². The van der Waals surface area contributed by atoms with Gasteiger partial charge in [-0.15, -0.1) is 5.10 Å². The molecule has 3 fully saturated rings. The van der Waals surface area contributed by atoms with Crippen molar-refractivity contribution < 1.29 is 4.79 Å². The highest BCUT2D eigenvalue weighted by molar-refractivity contribution is 5.91. The molecule has 4 rings (SSSR count). The van der Waals surface area contributed by atoms with Gasteiger partial charge in [-0.05, 0) is 37.0 Å². The second kappa shape index (κ2) is 4.03. The summed E-state index contributed by atoms with van der Waals surface area (Å²) < 4.78 is 1.79. The highest BCUT2D eigenvalue weighted by Crippen LogP contribution is 2.60. The molecule has 0 aromatic carbocycles. The van der Waals surface area contributed by atoms with Crippen molar-refractivity contribution in [3.05, 3.63) is 11.9 Å². The van der Waals surface area contributed by atoms with Crippen LogP contribution in [0.3, 0.4) is 0 Å². The Morgan fingerprint density at radius 1 is 1.47 bits per heavy atom. The SMILES string of the molecule is O=C(NCC1(C2CC2)CC1)c1cn(C2CNC2)nn1. The normalized spacial score (nSPS) is 24.8. The Balaban J connectivity index is 1.36. The van der Waals surface area contributed by atoms with Gasteiger partial charge in [0.2, 0.25) is 0 Å². The van der Waals surface area contributed by atoms with Gasteiger partial charge in [-0.2, -0.15) is 0 Å². The molecule has 2 saturated carbocycles. The summed E-state index contributed by atoms with van der Waals surface area (Å²) in [4.78, 5) is 12.1. The number of hydrogen-bond donors (Lipinski definition) is 2. The molecule has 6 nitrogen and oxygen atoms in total. The number of aromatic nitrogens is 3. The number of nitrogens with zero attached hydrogens (tertiary/aromatic N) is 3. The predicted octanol–water partition coefficient (Wildman–Crippen LogP) is 0.342. The van der Waals surface area contributed by atoms with Crippen LogP contribution < -0.4 is 10.6 Å². The van der Waals surface area contributed by atoms with Gasteiger partial charge in [0.1, 0.15) is 0 Å². The van der Waals surface area contributed by atoms with Crippen LogP contribution in [0.2, 0.25) is 0 Å². The van der Waals surface area contributed by atoms with Crippen molar-refractivity contribution in [2.75, 3.05) is 19.6 Å². The molecular formula is C13H19N5O. The minimum absolute atomic E-state index is 0.0783. The molecule has 3 aliphatic rings. The van der Waals surface area contributed by atoms with Crippen LogP contribution in [0.25, 0.3) is 0 Å². The second-order valence-corrected chi connectivity index (χ2v) is 6.22. The van der Waals surface area contributed by atoms with E-state index in [2.05, 4.69) is 20.9 Å². The Morgan fingerprint density at radius 2 is 2.26 bits per heavy atom. The summed E-state index contributed by atoms with van der Waals surface area (Å²) in [6, 6.07) is 0.357. The first kappa shape index (κ1) is 11.4. The standard InChI is InChI=1S/C13H19N5O/c19-12(15-8-13(3-4-13)9-1-2-9)11-7-18(17-16-11)10-5-14-6-10/h7,9-10,14H,1-6,8H2,(H,15,19). The van der Waals surface area contributed by atoms with Crippen LogP contribution >= 0.6 is 0 Å². The number of hydrogen-bond acceptors (Lipinski definition) is 4. The third-order valence-corrected chi connectivity index (χ3v) is 4.81. The largest absolute Gasteiger partial charge is 0.350 e. The number of rotatable bonds is 5. The van der Waals surface area contributed by atoms with Crippen molar-refractivity contribution >= 4 is 5.91 Å². The van der Waals surface area contributed by atoms with E-state index < -0.39 is 0 Å². The van der Waals surface area contributed by atoms with E-state index in [4.69, 9.17) is 0 Å². The average molecular weight is 261 g/mol. The van der Waals surface area contributed by atoms with Crippen LogP contribution in [0.4, 0.5) is 0 Å². The molecule has 2 aliphatic carbocycles. The lowest BCUT2D eigenvalue weighted by Crippen LogP contribution is -2.43. The van der Waals surface area contributed by atoms with Crippen LogP contribution in [0, 0.1) is 11.3 Å². The maximum atomic E-state index is 12.1. The van der Waals surface area contributed by atoms with Crippen molar-refractivity contribution in [3.8, 4) is 0 Å². The number of nitrogens with one attached hydrogen (secondary N) is 2. The lowest BCUT2D eigenvalue weighted by Gasteiger charge is -2.26. The molecule has 0 spiro atoms. The van der Waals surface area contributed by atoms with Crippen LogP contribution in [0.15, 0.2) is 6.20 Å². The van der Waals surface area contributed by atoms with E-state index in [-0.39, 0.29) is 5.91 Å². The molecule has 1 amide bonds. The second-order valence-electron chi connectivity index (χ2n) is 6.22. The van der Waals surface area contributed by atoms with Crippen molar-refractivity contribution in [1.29, 1.82) is 0 Å². The van der Waals surface area contributed by atoms with Gasteiger partial charge >= 0.3 is 0 Å². The summed E-state index contributed by atoms with van der Waals surface area (Å²) in [6.07, 6.45) is 7.01. The number of carbonyl (C=O) groups excluding carboxylic acids is 1. The maximum Gasteiger partial charge on any atom is 0.273 e. The van der Waals surface area contributed by atoms with Crippen molar-refractivity contribution in [2.45, 2.75) is 31.7 Å². The fourth-order valence-electron chi connectivity index (χ4n) is 2.95. The molecule has 19 heavy (non-hydrogen) atoms. The Morgan fingerprint density at radius 3 is 2.84 bits per heavy atom. The fraction of sp³-hybridized carbons (Fsp3) is 0.769. The predicted molar refractivity (Wildman–Crippen MR) is 68.7 cm³/mol. The summed E-state index contributed by atoms with van der Waals surface area (Å²) in [7, 11) is 0. The van der Waals surface area contributed by atoms with E-state index in [0.29, 0.717) is 17.2 Å². The van der Waals surface area contributed by atoms with Crippen molar-refractivity contribution in [2.24, 2.45) is 11.3 Å². The zero-order valence-electron chi connectivity index (χ0n) is 10.9. The van der Waals surface area contributed by atoms with Gasteiger partial charge in [0.25, 0.3) is 5.91 Å². The summed E-state index contributed by atoms with van der Waals surface area (Å²) in [6.45, 7) is 2.64. The molecule has 0 bridgehead atoms. The Kier molecular flexibility index (Phi) is 2.42. The molecule has 0 unspecified atom stereocenters. The van der Waals surface area contributed by atoms with Crippen LogP contribution in [-0.4, -0.2) is 40.5 Å². The first-order chi connectivity index (χ1) is 9.27. The van der Waals surface area contributed by atoms with Gasteiger partial charge in [0, 0.05) is 19.6 Å². The van der Waals surface area contributed by atoms with Gasteiger partial charge in [0.15, 0.2) is 5.69 Å². The molecule has 6 heteroatoms. The molecule has 1 aromatic rings. The Bertz CT molecular complexity index is 499. The summed E-state index contributed by atoms with van der Waals surface area (Å²) >= 11 is 0. The first-order valence-corrected chi connectivity index (χ1v) is 7.18. The van der Waals surface area contributed by atoms with Crippen LogP contribution in [0.5, 0.6) is 0 Å². The minimum Gasteiger partial charge on any atom is -0.350 e. The average Bonchev–Trinajstić information content (AvgIpc) is 3.23. The zero-order valence-corrected chi connectivity index (χ0v) is 10.9. The lowest BCUT2D eigenvalue weighted by atomic mass is 10.0. The molecule has 2 N–H and O–H groups in total. The molecule has 102 valence electrons. The molecule has 1 aromatic heterocycles. The third-order valence-electron chi connectivity index (χ3n) is 4.81. The fourth-order valence-corrected chi connectivity index (χ4v) is 2.95. The zero-order chi connectivity index (χ0) is 12.9. The Hall–Kier alpha value is -1.43. The topological polar surface area (TPSA) is 71.8 Å². The molecule has 0 atom stereocenters. The smallest absolute Gasteiger partial charge is 0.273 e. The molecule has 1 aliphatic heterocycles. The van der Waals surface area contributed by atoms with Crippen molar-refractivity contribution in [3.63, 3.8) is 0 Å². The maximum absolute atomic E-state index is 12.1. The van der Waals surface area contributed by atoms with Gasteiger partial charge in [-0.1, -0.05) is 5.21 Å². The van der Waals surface area contributed by atoms with E-state index in [1.165, 1.54) is 25.7 Å². The molecule has 2 heterocycles. The van der Waals surface area contributed by atoms with E-state index >= 15 is 0 Å². The summed E-state index contributed by atoms with van der Waals surface area (Å²) in [5.74, 6) is 0.787. The van der Waals surface area contributed by atoms with E-state index in [9.17, 15) is 4.79 Å². The summed E-state index contributed by atoms with van der Waals surface area (Å²) in [5.41, 5.74) is 0.877. The third kappa shape index (κ3) is 2.04. The number of amides is 1. The summed E-state index contributed by atoms with van der Waals surface area (Å²) in [5, 5.41) is 14.2. The highest BCUT2D eigenvalue weighted by Gasteiger charge is 2.53. The quantitative estimate of drug-likeness (QED) is 0.802. The molecular weight excluding hydrogens is 242 g/mol. The molecule has 0 radical (unpaired) electrons. The van der Waals surface area contributed by atoms with Crippen molar-refractivity contribution in [1.82, 2.24) is 25.6 Å². The highest BCUT2D eigenvalue weighted by atomic mass is 16.2. The van der Waals surface area contributed by atoms with Gasteiger partial charge in [-0.25, -0.2) is 4.68 Å². The lowest BCUT2D eigenvalue weighted by molar-refractivity contribution is 0.0937. The number of carbonyl (C=O) groups is 1. The van der Waals surface area contributed by atoms with Gasteiger partial charge in [-0.3, -0.25) is 4.79 Å². The van der Waals surface area contributed by atoms with E-state index in [1.807, 2.05) is 0 Å². The van der Waals surface area contributed by atoms with Crippen LogP contribution in [0.1, 0.15) is 42.2 Å². The van der Waals surface area contributed by atoms with Crippen LogP contribution in [-0.2, 0) is 0 Å². The monoisotopic (exact) mass is 261 g/mol. The van der Waals surface area contributed by atoms with E-state index in [0.717, 1.165) is 25.6 Å². The first-order valence-electron chi connectivity index (χ1n) is 7.18.